The molecule has 3 aliphatic rings. The van der Waals surface area contributed by atoms with Crippen LogP contribution in [0.3, 0.4) is 0 Å². The second-order valence-corrected chi connectivity index (χ2v) is 12.0. The molecule has 6 rings (SSSR count). The number of methoxy groups -OCH3 is 2. The summed E-state index contributed by atoms with van der Waals surface area (Å²) < 4.78 is 61.3. The molecule has 43 heavy (non-hydrogen) atoms. The van der Waals surface area contributed by atoms with Gasteiger partial charge in [0.05, 0.1) is 26.3 Å². The van der Waals surface area contributed by atoms with Crippen LogP contribution in [-0.4, -0.2) is 39.1 Å². The molecule has 1 spiro atoms. The van der Waals surface area contributed by atoms with E-state index >= 15 is 0 Å². The van der Waals surface area contributed by atoms with Crippen LogP contribution in [0.25, 0.3) is 6.08 Å². The molecule has 7 nitrogen and oxygen atoms in total. The van der Waals surface area contributed by atoms with Crippen molar-refractivity contribution in [2.45, 2.75) is 56.6 Å². The van der Waals surface area contributed by atoms with Gasteiger partial charge < -0.3 is 29.0 Å². The van der Waals surface area contributed by atoms with Crippen LogP contribution >= 0.6 is 11.6 Å². The molecule has 1 N–H and O–H groups in total. The molecule has 1 aliphatic heterocycles. The Morgan fingerprint density at radius 2 is 1.84 bits per heavy atom. The summed E-state index contributed by atoms with van der Waals surface area (Å²) in [6.45, 7) is 3.40. The van der Waals surface area contributed by atoms with Crippen LogP contribution in [0.2, 0.25) is 5.02 Å². The van der Waals surface area contributed by atoms with Crippen molar-refractivity contribution in [1.82, 2.24) is 0 Å². The Morgan fingerprint density at radius 1 is 1.09 bits per heavy atom. The molecule has 226 valence electrons. The maximum Gasteiger partial charge on any atom is 0.331 e. The number of rotatable bonds is 10. The van der Waals surface area contributed by atoms with Crippen molar-refractivity contribution in [3.63, 3.8) is 0 Å². The first-order valence-corrected chi connectivity index (χ1v) is 14.9. The standard InChI is InChI=1S/C35H38ClNO6/c1-23(20-41-21-24-7-9-29(39-2)10-8-24)15-26-16-25-17-31-32(43-22-42-31)19-30(25)34(26)11-13-35(14-12-34,33(38)40-3)37-28-6-4-5-27(36)18-28/h4-10,16-19,23,37H,11-15,20-22H2,1-3H3/t23-,34?,35?/m1/s1/i4D,5D,6D,18D. The van der Waals surface area contributed by atoms with Gasteiger partial charge in [-0.3, -0.25) is 0 Å². The molecule has 0 unspecified atom stereocenters. The summed E-state index contributed by atoms with van der Waals surface area (Å²) in [7, 11) is 2.96. The van der Waals surface area contributed by atoms with Crippen LogP contribution in [0.4, 0.5) is 5.69 Å². The topological polar surface area (TPSA) is 75.3 Å². The molecule has 3 aromatic rings. The minimum atomic E-state index is -1.26. The molecule has 0 bridgehead atoms. The van der Waals surface area contributed by atoms with Gasteiger partial charge in [-0.2, -0.15) is 0 Å². The lowest BCUT2D eigenvalue weighted by molar-refractivity contribution is -0.147. The Bertz CT molecular complexity index is 1690. The fourth-order valence-corrected chi connectivity index (χ4v) is 6.81. The third kappa shape index (κ3) is 5.80. The van der Waals surface area contributed by atoms with E-state index in [-0.39, 0.29) is 41.5 Å². The van der Waals surface area contributed by atoms with E-state index in [0.29, 0.717) is 50.4 Å². The third-order valence-electron chi connectivity index (χ3n) is 8.90. The predicted octanol–water partition coefficient (Wildman–Crippen LogP) is 7.55. The van der Waals surface area contributed by atoms with Crippen LogP contribution in [0.15, 0.2) is 66.1 Å². The SMILES string of the molecule is [2H]c1c([2H])c(Cl)c([2H])c(NC2(C(=O)OC)CCC3(CC2)C(C[C@@H](C)COCc2ccc(OC)cc2)=Cc2cc4c(cc23)OCO4)c1[2H]. The third-order valence-corrected chi connectivity index (χ3v) is 9.08. The van der Waals surface area contributed by atoms with Gasteiger partial charge in [0, 0.05) is 22.7 Å². The van der Waals surface area contributed by atoms with E-state index in [1.807, 2.05) is 30.3 Å². The number of benzene rings is 3. The summed E-state index contributed by atoms with van der Waals surface area (Å²) in [6, 6.07) is 10.5. The lowest BCUT2D eigenvalue weighted by Crippen LogP contribution is -2.52. The Hall–Kier alpha value is -3.68. The van der Waals surface area contributed by atoms with Gasteiger partial charge in [0.1, 0.15) is 11.3 Å². The molecule has 0 saturated heterocycles. The zero-order valence-corrected chi connectivity index (χ0v) is 25.4. The molecule has 0 aromatic heterocycles. The minimum absolute atomic E-state index is 0.0501. The Balaban J connectivity index is 1.26. The van der Waals surface area contributed by atoms with Crippen molar-refractivity contribution in [1.29, 1.82) is 0 Å². The first kappa shape index (κ1) is 24.7. The van der Waals surface area contributed by atoms with Gasteiger partial charge in [0.15, 0.2) is 11.5 Å². The zero-order chi connectivity index (χ0) is 33.5. The average molecular weight is 608 g/mol. The lowest BCUT2D eigenvalue weighted by Gasteiger charge is -2.46. The zero-order valence-electron chi connectivity index (χ0n) is 28.6. The average Bonchev–Trinajstić information content (AvgIpc) is 3.66. The monoisotopic (exact) mass is 607 g/mol. The van der Waals surface area contributed by atoms with Gasteiger partial charge >= 0.3 is 5.97 Å². The summed E-state index contributed by atoms with van der Waals surface area (Å²) in [6.07, 6.45) is 4.83. The number of ether oxygens (including phenoxy) is 5. The van der Waals surface area contributed by atoms with Crippen LogP contribution in [0.1, 0.15) is 61.2 Å². The number of fused-ring (bicyclic) bond motifs is 3. The number of carbonyl (C=O) groups excluding carboxylic acids is 1. The van der Waals surface area contributed by atoms with E-state index in [2.05, 4.69) is 24.4 Å². The van der Waals surface area contributed by atoms with Crippen LogP contribution < -0.4 is 19.5 Å². The van der Waals surface area contributed by atoms with Gasteiger partial charge in [0.25, 0.3) is 0 Å². The highest BCUT2D eigenvalue weighted by Crippen LogP contribution is 2.57. The molecule has 3 aromatic carbocycles. The first-order valence-electron chi connectivity index (χ1n) is 16.5. The van der Waals surface area contributed by atoms with E-state index < -0.39 is 23.0 Å². The van der Waals surface area contributed by atoms with E-state index in [1.54, 1.807) is 7.11 Å². The van der Waals surface area contributed by atoms with Gasteiger partial charge in [0.2, 0.25) is 6.79 Å². The number of hydrogen-bond donors (Lipinski definition) is 1. The molecule has 1 atom stereocenters. The van der Waals surface area contributed by atoms with Crippen molar-refractivity contribution < 1.29 is 34.0 Å². The Labute approximate surface area is 263 Å². The summed E-state index contributed by atoms with van der Waals surface area (Å²) in [5.41, 5.74) is 2.79. The normalized spacial score (nSPS) is 23.9. The van der Waals surface area contributed by atoms with Gasteiger partial charge in [-0.1, -0.05) is 48.3 Å². The molecule has 8 heteroatoms. The first-order chi connectivity index (χ1) is 22.5. The second kappa shape index (κ2) is 12.1. The number of hydrogen-bond acceptors (Lipinski definition) is 7. The smallest absolute Gasteiger partial charge is 0.331 e. The van der Waals surface area contributed by atoms with E-state index in [0.717, 1.165) is 28.9 Å². The van der Waals surface area contributed by atoms with Crippen molar-refractivity contribution in [2.24, 2.45) is 5.92 Å². The molecule has 0 amide bonds. The molecule has 1 saturated carbocycles. The summed E-state index contributed by atoms with van der Waals surface area (Å²) in [5.74, 6) is 1.89. The molecular formula is C35H38ClNO6. The van der Waals surface area contributed by atoms with Crippen LogP contribution in [0.5, 0.6) is 17.2 Å². The van der Waals surface area contributed by atoms with Crippen molar-refractivity contribution >= 4 is 29.3 Å². The second-order valence-electron chi connectivity index (χ2n) is 11.6. The Morgan fingerprint density at radius 3 is 2.56 bits per heavy atom. The number of esters is 1. The van der Waals surface area contributed by atoms with Crippen LogP contribution in [0, 0.1) is 5.92 Å². The fourth-order valence-electron chi connectivity index (χ4n) is 6.67. The maximum absolute atomic E-state index is 13.5. The van der Waals surface area contributed by atoms with Gasteiger partial charge in [-0.05, 0) is 97.1 Å². The molecule has 2 aliphatic carbocycles. The van der Waals surface area contributed by atoms with Gasteiger partial charge in [-0.25, -0.2) is 4.79 Å². The summed E-state index contributed by atoms with van der Waals surface area (Å²) in [5, 5.41) is 2.90. The van der Waals surface area contributed by atoms with Gasteiger partial charge in [-0.15, -0.1) is 0 Å². The lowest BCUT2D eigenvalue weighted by atomic mass is 9.61. The highest BCUT2D eigenvalue weighted by molar-refractivity contribution is 6.30. The van der Waals surface area contributed by atoms with Crippen molar-refractivity contribution in [2.75, 3.05) is 32.9 Å². The quantitative estimate of drug-likeness (QED) is 0.238. The molecule has 1 fully saturated rings. The van der Waals surface area contributed by atoms with Crippen LogP contribution in [-0.2, 0) is 26.3 Å². The number of halogens is 1. The molecule has 1 heterocycles. The minimum Gasteiger partial charge on any atom is -0.497 e. The summed E-state index contributed by atoms with van der Waals surface area (Å²) in [4.78, 5) is 13.5. The largest absolute Gasteiger partial charge is 0.497 e. The van der Waals surface area contributed by atoms with Crippen molar-refractivity contribution in [3.8, 4) is 17.2 Å². The maximum atomic E-state index is 13.5. The highest BCUT2D eigenvalue weighted by atomic mass is 35.5. The number of nitrogens with one attached hydrogen (secondary N) is 1. The number of carbonyl (C=O) groups is 1. The highest BCUT2D eigenvalue weighted by Gasteiger charge is 2.52. The van der Waals surface area contributed by atoms with Crippen molar-refractivity contribution in [3.05, 3.63) is 87.9 Å². The Kier molecular flexibility index (Phi) is 6.98. The predicted molar refractivity (Wildman–Crippen MR) is 167 cm³/mol. The number of anilines is 1. The molecule has 0 radical (unpaired) electrons. The molecular weight excluding hydrogens is 566 g/mol. The fraction of sp³-hybridized carbons (Fsp3) is 0.400. The van der Waals surface area contributed by atoms with E-state index in [4.69, 9.17) is 40.8 Å². The van der Waals surface area contributed by atoms with E-state index in [9.17, 15) is 4.79 Å². The number of allylic oxidation sites excluding steroid dienone is 1. The summed E-state index contributed by atoms with van der Waals surface area (Å²) >= 11 is 6.21. The van der Waals surface area contributed by atoms with E-state index in [1.165, 1.54) is 12.7 Å².